The Morgan fingerprint density at radius 3 is 2.55 bits per heavy atom. The molecule has 0 atom stereocenters. The van der Waals surface area contributed by atoms with Crippen LogP contribution in [-0.2, 0) is 0 Å². The van der Waals surface area contributed by atoms with Crippen molar-refractivity contribution in [2.24, 2.45) is 5.92 Å². The summed E-state index contributed by atoms with van der Waals surface area (Å²) in [5.41, 5.74) is 2.43. The van der Waals surface area contributed by atoms with Crippen LogP contribution < -0.4 is 4.74 Å². The van der Waals surface area contributed by atoms with Gasteiger partial charge in [-0.1, -0.05) is 42.5 Å². The van der Waals surface area contributed by atoms with E-state index in [-0.39, 0.29) is 24.1 Å². The van der Waals surface area contributed by atoms with Crippen LogP contribution in [0.15, 0.2) is 72.8 Å². The molecule has 0 radical (unpaired) electrons. The lowest BCUT2D eigenvalue weighted by Crippen LogP contribution is -2.49. The number of fused-ring (bicyclic) bond motifs is 1. The SMILES string of the molecule is O=C(c1ccccc1)c1sc2cc(O)ccc2c1-c1ccc(OCCN2CC(CF)C2)cc1. The lowest BCUT2D eigenvalue weighted by Gasteiger charge is -2.37. The minimum Gasteiger partial charge on any atom is -0.508 e. The predicted octanol–water partition coefficient (Wildman–Crippen LogP) is 5.79. The Morgan fingerprint density at radius 1 is 1.06 bits per heavy atom. The molecule has 3 aromatic carbocycles. The molecule has 4 aromatic rings. The van der Waals surface area contributed by atoms with Crippen LogP contribution in [0.4, 0.5) is 4.39 Å². The molecule has 168 valence electrons. The number of thiophene rings is 1. The van der Waals surface area contributed by atoms with E-state index in [0.717, 1.165) is 46.6 Å². The van der Waals surface area contributed by atoms with Gasteiger partial charge in [-0.15, -0.1) is 11.3 Å². The van der Waals surface area contributed by atoms with E-state index in [2.05, 4.69) is 4.90 Å². The second-order valence-corrected chi connectivity index (χ2v) is 9.39. The highest BCUT2D eigenvalue weighted by Gasteiger charge is 2.26. The number of likely N-dealkylation sites (tertiary alicyclic amines) is 1. The van der Waals surface area contributed by atoms with Crippen molar-refractivity contribution in [3.63, 3.8) is 0 Å². The fourth-order valence-corrected chi connectivity index (χ4v) is 5.44. The van der Waals surface area contributed by atoms with Gasteiger partial charge in [-0.2, -0.15) is 0 Å². The van der Waals surface area contributed by atoms with Gasteiger partial charge in [-0.05, 0) is 35.9 Å². The summed E-state index contributed by atoms with van der Waals surface area (Å²) in [6.07, 6.45) is 0. The zero-order valence-corrected chi connectivity index (χ0v) is 18.9. The topological polar surface area (TPSA) is 49.8 Å². The van der Waals surface area contributed by atoms with Gasteiger partial charge in [0, 0.05) is 46.8 Å². The molecule has 1 saturated heterocycles. The summed E-state index contributed by atoms with van der Waals surface area (Å²) in [6.45, 7) is 2.70. The number of nitrogens with zero attached hydrogens (tertiary/aromatic N) is 1. The van der Waals surface area contributed by atoms with E-state index in [4.69, 9.17) is 4.74 Å². The molecule has 0 bridgehead atoms. The van der Waals surface area contributed by atoms with Gasteiger partial charge in [0.05, 0.1) is 11.6 Å². The molecular formula is C27H24FNO3S. The molecule has 0 spiro atoms. The quantitative estimate of drug-likeness (QED) is 0.338. The number of phenols is 1. The van der Waals surface area contributed by atoms with Crippen molar-refractivity contribution >= 4 is 27.2 Å². The van der Waals surface area contributed by atoms with Gasteiger partial charge in [-0.25, -0.2) is 0 Å². The molecule has 33 heavy (non-hydrogen) atoms. The first-order chi connectivity index (χ1) is 16.1. The Morgan fingerprint density at radius 2 is 1.82 bits per heavy atom. The average Bonchev–Trinajstić information content (AvgIpc) is 3.19. The van der Waals surface area contributed by atoms with Crippen LogP contribution in [0.1, 0.15) is 15.2 Å². The van der Waals surface area contributed by atoms with Crippen molar-refractivity contribution in [3.8, 4) is 22.6 Å². The number of ether oxygens (including phenoxy) is 1. The van der Waals surface area contributed by atoms with Crippen molar-refractivity contribution < 1.29 is 19.0 Å². The van der Waals surface area contributed by atoms with Gasteiger partial charge in [0.15, 0.2) is 0 Å². The third kappa shape index (κ3) is 4.49. The molecule has 1 aliphatic rings. The molecule has 0 saturated carbocycles. The summed E-state index contributed by atoms with van der Waals surface area (Å²) in [5.74, 6) is 1.08. The standard InChI is InChI=1S/C27H24FNO3S/c28-15-18-16-29(17-18)12-13-32-22-9-6-19(7-10-22)25-23-11-8-21(30)14-24(23)33-27(25)26(31)20-4-2-1-3-5-20/h1-11,14,18,30H,12-13,15-17H2. The van der Waals surface area contributed by atoms with Crippen molar-refractivity contribution in [2.45, 2.75) is 0 Å². The summed E-state index contributed by atoms with van der Waals surface area (Å²) >= 11 is 1.40. The molecule has 0 unspecified atom stereocenters. The average molecular weight is 462 g/mol. The second-order valence-electron chi connectivity index (χ2n) is 8.33. The summed E-state index contributed by atoms with van der Waals surface area (Å²) < 4.78 is 19.3. The number of benzene rings is 3. The Labute approximate surface area is 195 Å². The van der Waals surface area contributed by atoms with Crippen LogP contribution in [0, 0.1) is 5.92 Å². The van der Waals surface area contributed by atoms with Crippen LogP contribution in [0.2, 0.25) is 0 Å². The van der Waals surface area contributed by atoms with E-state index in [1.165, 1.54) is 11.3 Å². The number of rotatable bonds is 8. The van der Waals surface area contributed by atoms with Gasteiger partial charge in [0.25, 0.3) is 0 Å². The first kappa shape index (κ1) is 21.6. The minimum atomic E-state index is -0.246. The van der Waals surface area contributed by atoms with Crippen LogP contribution >= 0.6 is 11.3 Å². The van der Waals surface area contributed by atoms with Crippen molar-refractivity contribution in [2.75, 3.05) is 32.9 Å². The third-order valence-corrected chi connectivity index (χ3v) is 7.14. The van der Waals surface area contributed by atoms with Crippen LogP contribution in [0.3, 0.4) is 0 Å². The number of carbonyl (C=O) groups is 1. The maximum atomic E-state index is 13.3. The fraction of sp³-hybridized carbons (Fsp3) is 0.222. The van der Waals surface area contributed by atoms with E-state index >= 15 is 0 Å². The van der Waals surface area contributed by atoms with Gasteiger partial charge in [0.1, 0.15) is 18.1 Å². The molecule has 6 heteroatoms. The molecule has 1 fully saturated rings. The van der Waals surface area contributed by atoms with Gasteiger partial charge in [-0.3, -0.25) is 14.1 Å². The first-order valence-corrected chi connectivity index (χ1v) is 11.8. The molecule has 0 amide bonds. The fourth-order valence-electron chi connectivity index (χ4n) is 4.22. The van der Waals surface area contributed by atoms with Gasteiger partial charge >= 0.3 is 0 Å². The number of aromatic hydroxyl groups is 1. The van der Waals surface area contributed by atoms with Crippen LogP contribution in [0.25, 0.3) is 21.2 Å². The maximum Gasteiger partial charge on any atom is 0.203 e. The number of hydrogen-bond acceptors (Lipinski definition) is 5. The van der Waals surface area contributed by atoms with Crippen molar-refractivity contribution in [1.82, 2.24) is 4.90 Å². The number of halogens is 1. The molecular weight excluding hydrogens is 437 g/mol. The summed E-state index contributed by atoms with van der Waals surface area (Å²) in [7, 11) is 0. The monoisotopic (exact) mass is 461 g/mol. The molecule has 2 heterocycles. The largest absolute Gasteiger partial charge is 0.508 e. The van der Waals surface area contributed by atoms with Gasteiger partial charge in [0.2, 0.25) is 5.78 Å². The Bertz CT molecular complexity index is 1260. The molecule has 1 N–H and O–H groups in total. The molecule has 4 nitrogen and oxygen atoms in total. The summed E-state index contributed by atoms with van der Waals surface area (Å²) in [5, 5.41) is 10.9. The van der Waals surface area contributed by atoms with Crippen molar-refractivity contribution in [3.05, 3.63) is 83.2 Å². The smallest absolute Gasteiger partial charge is 0.203 e. The number of ketones is 1. The Balaban J connectivity index is 1.40. The highest BCUT2D eigenvalue weighted by Crippen LogP contribution is 2.41. The van der Waals surface area contributed by atoms with E-state index in [1.807, 2.05) is 60.7 Å². The molecule has 1 aromatic heterocycles. The molecule has 1 aliphatic heterocycles. The van der Waals surface area contributed by atoms with E-state index in [9.17, 15) is 14.3 Å². The van der Waals surface area contributed by atoms with Gasteiger partial charge < -0.3 is 9.84 Å². The number of alkyl halides is 1. The van der Waals surface area contributed by atoms with E-state index in [1.54, 1.807) is 12.1 Å². The Kier molecular flexibility index (Phi) is 6.11. The Hall–Kier alpha value is -3.22. The summed E-state index contributed by atoms with van der Waals surface area (Å²) in [4.78, 5) is 16.2. The van der Waals surface area contributed by atoms with Crippen LogP contribution in [0.5, 0.6) is 11.5 Å². The number of hydrogen-bond donors (Lipinski definition) is 1. The third-order valence-electron chi connectivity index (χ3n) is 5.99. The first-order valence-electron chi connectivity index (χ1n) is 11.0. The lowest BCUT2D eigenvalue weighted by molar-refractivity contribution is 0.0668. The predicted molar refractivity (Wildman–Crippen MR) is 130 cm³/mol. The van der Waals surface area contributed by atoms with E-state index in [0.29, 0.717) is 17.0 Å². The van der Waals surface area contributed by atoms with Crippen LogP contribution in [-0.4, -0.2) is 48.7 Å². The van der Waals surface area contributed by atoms with E-state index < -0.39 is 0 Å². The normalized spacial score (nSPS) is 14.3. The molecule has 0 aliphatic carbocycles. The zero-order valence-electron chi connectivity index (χ0n) is 18.0. The highest BCUT2D eigenvalue weighted by atomic mass is 32.1. The number of carbonyl (C=O) groups excluding carboxylic acids is 1. The number of phenolic OH excluding ortho intramolecular Hbond substituents is 1. The lowest BCUT2D eigenvalue weighted by atomic mass is 9.98. The zero-order chi connectivity index (χ0) is 22.8. The highest BCUT2D eigenvalue weighted by molar-refractivity contribution is 7.21. The maximum absolute atomic E-state index is 13.3. The molecule has 5 rings (SSSR count). The van der Waals surface area contributed by atoms with Crippen molar-refractivity contribution in [1.29, 1.82) is 0 Å². The summed E-state index contributed by atoms with van der Waals surface area (Å²) in [6, 6.07) is 22.2. The minimum absolute atomic E-state index is 0.0345. The second kappa shape index (κ2) is 9.33.